The number of piperidine rings is 1. The summed E-state index contributed by atoms with van der Waals surface area (Å²) in [5.41, 5.74) is 1.60. The van der Waals surface area contributed by atoms with E-state index in [-0.39, 0.29) is 18.6 Å². The molecule has 19 heavy (non-hydrogen) atoms. The summed E-state index contributed by atoms with van der Waals surface area (Å²) >= 11 is 0. The fraction of sp³-hybridized carbons (Fsp3) is 0.714. The summed E-state index contributed by atoms with van der Waals surface area (Å²) in [5.74, 6) is 0.0489. The Bertz CT molecular complexity index is 440. The van der Waals surface area contributed by atoms with Gasteiger partial charge in [0.25, 0.3) is 5.91 Å². The van der Waals surface area contributed by atoms with Crippen molar-refractivity contribution in [3.63, 3.8) is 0 Å². The molecule has 1 atom stereocenters. The highest BCUT2D eigenvalue weighted by Gasteiger charge is 2.28. The van der Waals surface area contributed by atoms with Gasteiger partial charge in [-0.1, -0.05) is 6.92 Å². The van der Waals surface area contributed by atoms with Gasteiger partial charge in [0, 0.05) is 26.2 Å². The highest BCUT2D eigenvalue weighted by atomic mass is 16.3. The van der Waals surface area contributed by atoms with Gasteiger partial charge in [-0.15, -0.1) is 0 Å². The van der Waals surface area contributed by atoms with E-state index in [0.29, 0.717) is 12.1 Å². The summed E-state index contributed by atoms with van der Waals surface area (Å²) in [6.45, 7) is 2.96. The first-order valence-corrected chi connectivity index (χ1v) is 7.12. The maximum absolute atomic E-state index is 12.6. The molecule has 1 amide bonds. The van der Waals surface area contributed by atoms with Crippen LogP contribution in [-0.4, -0.2) is 44.9 Å². The van der Waals surface area contributed by atoms with Crippen LogP contribution in [0, 0.1) is 0 Å². The molecule has 5 heteroatoms. The summed E-state index contributed by atoms with van der Waals surface area (Å²) in [7, 11) is 1.82. The van der Waals surface area contributed by atoms with Crippen molar-refractivity contribution in [3.05, 3.63) is 17.5 Å². The lowest BCUT2D eigenvalue weighted by molar-refractivity contribution is 0.0563. The van der Waals surface area contributed by atoms with Gasteiger partial charge >= 0.3 is 0 Å². The lowest BCUT2D eigenvalue weighted by atomic mass is 9.99. The molecule has 5 nitrogen and oxygen atoms in total. The third-order valence-corrected chi connectivity index (χ3v) is 3.86. The maximum Gasteiger partial charge on any atom is 0.272 e. The normalized spacial score (nSPS) is 19.7. The predicted molar refractivity (Wildman–Crippen MR) is 73.0 cm³/mol. The minimum absolute atomic E-state index is 0.0489. The van der Waals surface area contributed by atoms with Crippen molar-refractivity contribution in [1.82, 2.24) is 14.7 Å². The van der Waals surface area contributed by atoms with Gasteiger partial charge in [0.2, 0.25) is 0 Å². The third kappa shape index (κ3) is 2.97. The van der Waals surface area contributed by atoms with Crippen molar-refractivity contribution in [2.24, 2.45) is 7.05 Å². The number of rotatable bonds is 4. The average Bonchev–Trinajstić information content (AvgIpc) is 2.80. The number of nitrogens with zero attached hydrogens (tertiary/aromatic N) is 3. The van der Waals surface area contributed by atoms with Crippen molar-refractivity contribution in [2.45, 2.75) is 45.1 Å². The summed E-state index contributed by atoms with van der Waals surface area (Å²) in [5, 5.41) is 13.5. The van der Waals surface area contributed by atoms with Crippen LogP contribution >= 0.6 is 0 Å². The minimum Gasteiger partial charge on any atom is -0.396 e. The van der Waals surface area contributed by atoms with Gasteiger partial charge in [0.1, 0.15) is 5.69 Å². The number of amides is 1. The third-order valence-electron chi connectivity index (χ3n) is 3.86. The van der Waals surface area contributed by atoms with Crippen LogP contribution in [0.4, 0.5) is 0 Å². The number of hydrogen-bond donors (Lipinski definition) is 1. The molecule has 1 N–H and O–H groups in total. The predicted octanol–water partition coefficient (Wildman–Crippen LogP) is 1.36. The Morgan fingerprint density at radius 3 is 2.95 bits per heavy atom. The number of carbonyl (C=O) groups excluding carboxylic acids is 1. The first-order valence-electron chi connectivity index (χ1n) is 7.12. The van der Waals surface area contributed by atoms with E-state index in [1.807, 2.05) is 24.9 Å². The summed E-state index contributed by atoms with van der Waals surface area (Å²) in [6.07, 6.45) is 4.68. The number of likely N-dealkylation sites (tertiary alicyclic amines) is 1. The smallest absolute Gasteiger partial charge is 0.272 e. The standard InChI is InChI=1S/C14H23N3O2/c1-3-11-10-13(16(2)15-11)14(19)17-8-5-4-6-12(17)7-9-18/h10,12,18H,3-9H2,1-2H3. The maximum atomic E-state index is 12.6. The zero-order valence-electron chi connectivity index (χ0n) is 11.8. The number of carbonyl (C=O) groups is 1. The van der Waals surface area contributed by atoms with Crippen LogP contribution in [0.25, 0.3) is 0 Å². The van der Waals surface area contributed by atoms with Crippen LogP contribution in [0.3, 0.4) is 0 Å². The number of aliphatic hydroxyl groups excluding tert-OH is 1. The van der Waals surface area contributed by atoms with Crippen LogP contribution in [-0.2, 0) is 13.5 Å². The molecule has 106 valence electrons. The molecule has 0 bridgehead atoms. The van der Waals surface area contributed by atoms with E-state index in [1.54, 1.807) is 4.68 Å². The second kappa shape index (κ2) is 6.19. The van der Waals surface area contributed by atoms with Gasteiger partial charge in [-0.25, -0.2) is 0 Å². The topological polar surface area (TPSA) is 58.4 Å². The van der Waals surface area contributed by atoms with E-state index in [4.69, 9.17) is 5.11 Å². The Labute approximate surface area is 114 Å². The van der Waals surface area contributed by atoms with Crippen LogP contribution in [0.5, 0.6) is 0 Å². The van der Waals surface area contributed by atoms with E-state index >= 15 is 0 Å². The summed E-state index contributed by atoms with van der Waals surface area (Å²) < 4.78 is 1.67. The second-order valence-electron chi connectivity index (χ2n) is 5.16. The number of aromatic nitrogens is 2. The molecule has 0 radical (unpaired) electrons. The van der Waals surface area contributed by atoms with E-state index in [9.17, 15) is 4.79 Å². The number of hydrogen-bond acceptors (Lipinski definition) is 3. The Balaban J connectivity index is 2.18. The van der Waals surface area contributed by atoms with Crippen LogP contribution < -0.4 is 0 Å². The lowest BCUT2D eigenvalue weighted by Gasteiger charge is -2.35. The molecule has 1 unspecified atom stereocenters. The molecule has 2 rings (SSSR count). The SMILES string of the molecule is CCc1cc(C(=O)N2CCCCC2CCO)n(C)n1. The van der Waals surface area contributed by atoms with Gasteiger partial charge in [-0.05, 0) is 38.2 Å². The second-order valence-corrected chi connectivity index (χ2v) is 5.16. The first-order chi connectivity index (χ1) is 9.17. The number of aryl methyl sites for hydroxylation is 2. The van der Waals surface area contributed by atoms with Crippen molar-refractivity contribution in [2.75, 3.05) is 13.2 Å². The lowest BCUT2D eigenvalue weighted by Crippen LogP contribution is -2.44. The van der Waals surface area contributed by atoms with Crippen molar-refractivity contribution >= 4 is 5.91 Å². The molecule has 1 saturated heterocycles. The molecular weight excluding hydrogens is 242 g/mol. The van der Waals surface area contributed by atoms with E-state index in [0.717, 1.165) is 37.9 Å². The van der Waals surface area contributed by atoms with Gasteiger partial charge < -0.3 is 10.0 Å². The Kier molecular flexibility index (Phi) is 4.58. The van der Waals surface area contributed by atoms with Crippen molar-refractivity contribution in [1.29, 1.82) is 0 Å². The van der Waals surface area contributed by atoms with Gasteiger partial charge in [0.15, 0.2) is 0 Å². The van der Waals surface area contributed by atoms with E-state index in [1.165, 1.54) is 0 Å². The molecule has 1 aromatic rings. The van der Waals surface area contributed by atoms with Crippen LogP contribution in [0.15, 0.2) is 6.07 Å². The monoisotopic (exact) mass is 265 g/mol. The van der Waals surface area contributed by atoms with Gasteiger partial charge in [-0.3, -0.25) is 9.48 Å². The molecule has 2 heterocycles. The van der Waals surface area contributed by atoms with E-state index in [2.05, 4.69) is 5.10 Å². The summed E-state index contributed by atoms with van der Waals surface area (Å²) in [4.78, 5) is 14.5. The molecule has 0 saturated carbocycles. The van der Waals surface area contributed by atoms with Crippen LogP contribution in [0.2, 0.25) is 0 Å². The highest BCUT2D eigenvalue weighted by molar-refractivity contribution is 5.93. The average molecular weight is 265 g/mol. The van der Waals surface area contributed by atoms with Gasteiger partial charge in [0.05, 0.1) is 5.69 Å². The molecule has 0 spiro atoms. The molecule has 1 aliphatic rings. The quantitative estimate of drug-likeness (QED) is 0.894. The summed E-state index contributed by atoms with van der Waals surface area (Å²) in [6, 6.07) is 2.05. The molecule has 1 aromatic heterocycles. The zero-order chi connectivity index (χ0) is 13.8. The Morgan fingerprint density at radius 1 is 1.53 bits per heavy atom. The molecule has 1 aliphatic heterocycles. The molecule has 1 fully saturated rings. The zero-order valence-corrected chi connectivity index (χ0v) is 11.8. The molecule has 0 aromatic carbocycles. The Hall–Kier alpha value is -1.36. The van der Waals surface area contributed by atoms with Crippen LogP contribution in [0.1, 0.15) is 48.8 Å². The number of aliphatic hydroxyl groups is 1. The fourth-order valence-corrected chi connectivity index (χ4v) is 2.76. The van der Waals surface area contributed by atoms with E-state index < -0.39 is 0 Å². The molecule has 0 aliphatic carbocycles. The molecular formula is C14H23N3O2. The van der Waals surface area contributed by atoms with Gasteiger partial charge in [-0.2, -0.15) is 5.10 Å². The van der Waals surface area contributed by atoms with Crippen molar-refractivity contribution < 1.29 is 9.90 Å². The van der Waals surface area contributed by atoms with Crippen molar-refractivity contribution in [3.8, 4) is 0 Å². The largest absolute Gasteiger partial charge is 0.396 e. The Morgan fingerprint density at radius 2 is 2.32 bits per heavy atom. The fourth-order valence-electron chi connectivity index (χ4n) is 2.76. The highest BCUT2D eigenvalue weighted by Crippen LogP contribution is 2.22. The minimum atomic E-state index is 0.0489. The first kappa shape index (κ1) is 14.1.